The zero-order chi connectivity index (χ0) is 15.6. The number of benzene rings is 2. The molecule has 0 radical (unpaired) electrons. The Labute approximate surface area is 126 Å². The first-order chi connectivity index (χ1) is 9.79. The van der Waals surface area contributed by atoms with E-state index >= 15 is 0 Å². The number of carbonyl (C=O) groups is 1. The highest BCUT2D eigenvalue weighted by Gasteiger charge is 2.15. The molecule has 110 valence electrons. The van der Waals surface area contributed by atoms with Crippen LogP contribution in [0, 0.1) is 6.92 Å². The predicted molar refractivity (Wildman–Crippen MR) is 86.4 cm³/mol. The van der Waals surface area contributed by atoms with Gasteiger partial charge >= 0.3 is 0 Å². The van der Waals surface area contributed by atoms with E-state index in [2.05, 4.69) is 32.9 Å². The van der Waals surface area contributed by atoms with E-state index in [0.29, 0.717) is 11.3 Å². The van der Waals surface area contributed by atoms with Gasteiger partial charge in [-0.05, 0) is 48.6 Å². The van der Waals surface area contributed by atoms with Gasteiger partial charge in [-0.1, -0.05) is 45.0 Å². The summed E-state index contributed by atoms with van der Waals surface area (Å²) in [7, 11) is 0. The van der Waals surface area contributed by atoms with Crippen molar-refractivity contribution in [2.75, 3.05) is 0 Å². The summed E-state index contributed by atoms with van der Waals surface area (Å²) in [5.41, 5.74) is 3.06. The molecule has 0 unspecified atom stereocenters. The van der Waals surface area contributed by atoms with Gasteiger partial charge in [0.15, 0.2) is 5.78 Å². The van der Waals surface area contributed by atoms with Crippen molar-refractivity contribution in [3.8, 4) is 11.5 Å². The Morgan fingerprint density at radius 2 is 1.67 bits per heavy atom. The molecule has 0 N–H and O–H groups in total. The Morgan fingerprint density at radius 3 is 2.24 bits per heavy atom. The van der Waals surface area contributed by atoms with Crippen molar-refractivity contribution in [3.63, 3.8) is 0 Å². The molecular formula is C19H22O2. The van der Waals surface area contributed by atoms with Gasteiger partial charge in [0, 0.05) is 0 Å². The third-order valence-electron chi connectivity index (χ3n) is 3.53. The maximum absolute atomic E-state index is 11.6. The lowest BCUT2D eigenvalue weighted by Gasteiger charge is -2.20. The highest BCUT2D eigenvalue weighted by atomic mass is 16.5. The first kappa shape index (κ1) is 15.3. The topological polar surface area (TPSA) is 26.3 Å². The second-order valence-corrected chi connectivity index (χ2v) is 6.38. The molecule has 0 heterocycles. The Bertz CT molecular complexity index is 664. The van der Waals surface area contributed by atoms with E-state index in [4.69, 9.17) is 4.74 Å². The van der Waals surface area contributed by atoms with E-state index < -0.39 is 0 Å². The van der Waals surface area contributed by atoms with Crippen LogP contribution in [0.15, 0.2) is 42.5 Å². The summed E-state index contributed by atoms with van der Waals surface area (Å²) in [6.45, 7) is 10.1. The van der Waals surface area contributed by atoms with Crippen LogP contribution in [0.25, 0.3) is 0 Å². The molecule has 2 rings (SSSR count). The molecule has 0 amide bonds. The second-order valence-electron chi connectivity index (χ2n) is 6.38. The molecule has 0 saturated heterocycles. The van der Waals surface area contributed by atoms with Crippen molar-refractivity contribution >= 4 is 5.78 Å². The number of hydrogen-bond donors (Lipinski definition) is 0. The van der Waals surface area contributed by atoms with Crippen LogP contribution < -0.4 is 4.74 Å². The largest absolute Gasteiger partial charge is 0.456 e. The van der Waals surface area contributed by atoms with Crippen LogP contribution in [-0.4, -0.2) is 5.78 Å². The minimum atomic E-state index is 0.00886. The Balaban J connectivity index is 2.35. The van der Waals surface area contributed by atoms with Crippen LogP contribution in [0.3, 0.4) is 0 Å². The van der Waals surface area contributed by atoms with Gasteiger partial charge in [-0.2, -0.15) is 0 Å². The van der Waals surface area contributed by atoms with Gasteiger partial charge in [-0.25, -0.2) is 0 Å². The van der Waals surface area contributed by atoms with Gasteiger partial charge in [0.25, 0.3) is 0 Å². The molecule has 2 aromatic rings. The van der Waals surface area contributed by atoms with Gasteiger partial charge in [-0.3, -0.25) is 4.79 Å². The number of rotatable bonds is 3. The van der Waals surface area contributed by atoms with Crippen molar-refractivity contribution in [3.05, 3.63) is 59.2 Å². The summed E-state index contributed by atoms with van der Waals surface area (Å²) in [6, 6.07) is 13.5. The zero-order valence-electron chi connectivity index (χ0n) is 13.4. The molecule has 0 atom stereocenters. The number of para-hydroxylation sites is 1. The van der Waals surface area contributed by atoms with E-state index in [1.165, 1.54) is 5.56 Å². The fraction of sp³-hybridized carbons (Fsp3) is 0.316. The van der Waals surface area contributed by atoms with E-state index in [1.54, 1.807) is 13.0 Å². The van der Waals surface area contributed by atoms with Gasteiger partial charge in [-0.15, -0.1) is 0 Å². The average molecular weight is 282 g/mol. The van der Waals surface area contributed by atoms with Crippen LogP contribution in [0.4, 0.5) is 0 Å². The lowest BCUT2D eigenvalue weighted by Crippen LogP contribution is -2.11. The first-order valence-electron chi connectivity index (χ1n) is 7.18. The van der Waals surface area contributed by atoms with E-state index in [1.807, 2.05) is 31.2 Å². The van der Waals surface area contributed by atoms with E-state index in [0.717, 1.165) is 11.3 Å². The quantitative estimate of drug-likeness (QED) is 0.715. The molecule has 0 fully saturated rings. The molecule has 0 saturated carbocycles. The molecule has 2 nitrogen and oxygen atoms in total. The fourth-order valence-corrected chi connectivity index (χ4v) is 2.20. The minimum Gasteiger partial charge on any atom is -0.456 e. The Morgan fingerprint density at radius 1 is 1.00 bits per heavy atom. The molecule has 2 heteroatoms. The molecule has 21 heavy (non-hydrogen) atoms. The molecule has 0 aliphatic heterocycles. The maximum Gasteiger partial charge on any atom is 0.163 e. The molecule has 0 aromatic heterocycles. The average Bonchev–Trinajstić information content (AvgIpc) is 2.40. The third kappa shape index (κ3) is 3.52. The summed E-state index contributed by atoms with van der Waals surface area (Å²) < 4.78 is 5.95. The number of ketones is 1. The predicted octanol–water partition coefficient (Wildman–Crippen LogP) is 5.29. The summed E-state index contributed by atoms with van der Waals surface area (Å²) in [5.74, 6) is 1.41. The summed E-state index contributed by atoms with van der Waals surface area (Å²) >= 11 is 0. The standard InChI is InChI=1S/C19H22O2/c1-13-12-15(19(3,4)5)10-11-17(13)21-18-9-7-6-8-16(18)14(2)20/h6-12H,1-5H3. The van der Waals surface area contributed by atoms with Crippen molar-refractivity contribution in [1.29, 1.82) is 0 Å². The SMILES string of the molecule is CC(=O)c1ccccc1Oc1ccc(C(C)(C)C)cc1C. The lowest BCUT2D eigenvalue weighted by atomic mass is 9.86. The third-order valence-corrected chi connectivity index (χ3v) is 3.53. The van der Waals surface area contributed by atoms with Crippen LogP contribution in [0.5, 0.6) is 11.5 Å². The van der Waals surface area contributed by atoms with Crippen molar-refractivity contribution in [1.82, 2.24) is 0 Å². The monoisotopic (exact) mass is 282 g/mol. The number of ether oxygens (including phenoxy) is 1. The van der Waals surface area contributed by atoms with Crippen molar-refractivity contribution < 1.29 is 9.53 Å². The molecular weight excluding hydrogens is 260 g/mol. The van der Waals surface area contributed by atoms with Gasteiger partial charge < -0.3 is 4.74 Å². The smallest absolute Gasteiger partial charge is 0.163 e. The first-order valence-corrected chi connectivity index (χ1v) is 7.18. The van der Waals surface area contributed by atoms with E-state index in [-0.39, 0.29) is 11.2 Å². The molecule has 0 spiro atoms. The number of carbonyl (C=O) groups excluding carboxylic acids is 1. The second kappa shape index (κ2) is 5.72. The number of Topliss-reactive ketones (excluding diaryl/α,β-unsaturated/α-hetero) is 1. The van der Waals surface area contributed by atoms with E-state index in [9.17, 15) is 4.79 Å². The highest BCUT2D eigenvalue weighted by molar-refractivity contribution is 5.96. The Kier molecular flexibility index (Phi) is 4.17. The van der Waals surface area contributed by atoms with Crippen molar-refractivity contribution in [2.24, 2.45) is 0 Å². The Hall–Kier alpha value is -2.09. The van der Waals surface area contributed by atoms with Crippen LogP contribution in [-0.2, 0) is 5.41 Å². The molecule has 2 aromatic carbocycles. The minimum absolute atomic E-state index is 0.00886. The summed E-state index contributed by atoms with van der Waals surface area (Å²) in [4.78, 5) is 11.6. The lowest BCUT2D eigenvalue weighted by molar-refractivity contribution is 0.101. The van der Waals surface area contributed by atoms with Crippen molar-refractivity contribution in [2.45, 2.75) is 40.0 Å². The highest BCUT2D eigenvalue weighted by Crippen LogP contribution is 2.31. The normalized spacial score (nSPS) is 11.3. The van der Waals surface area contributed by atoms with Crippen LogP contribution >= 0.6 is 0 Å². The zero-order valence-corrected chi connectivity index (χ0v) is 13.4. The maximum atomic E-state index is 11.6. The number of hydrogen-bond acceptors (Lipinski definition) is 2. The molecule has 0 aliphatic carbocycles. The summed E-state index contributed by atoms with van der Waals surface area (Å²) in [6.07, 6.45) is 0. The van der Waals surface area contributed by atoms with Gasteiger partial charge in [0.05, 0.1) is 5.56 Å². The van der Waals surface area contributed by atoms with Gasteiger partial charge in [0.2, 0.25) is 0 Å². The van der Waals surface area contributed by atoms with Crippen LogP contribution in [0.2, 0.25) is 0 Å². The molecule has 0 aliphatic rings. The van der Waals surface area contributed by atoms with Gasteiger partial charge in [0.1, 0.15) is 11.5 Å². The molecule has 0 bridgehead atoms. The summed E-state index contributed by atoms with van der Waals surface area (Å²) in [5, 5.41) is 0. The van der Waals surface area contributed by atoms with Crippen LogP contribution in [0.1, 0.15) is 49.2 Å². The fourth-order valence-electron chi connectivity index (χ4n) is 2.20. The number of aryl methyl sites for hydroxylation is 1.